The van der Waals surface area contributed by atoms with Crippen LogP contribution in [0.2, 0.25) is 5.02 Å². The number of nitrogens with zero attached hydrogens (tertiary/aromatic N) is 5. The molecule has 0 spiro atoms. The van der Waals surface area contributed by atoms with E-state index in [2.05, 4.69) is 30.5 Å². The van der Waals surface area contributed by atoms with Gasteiger partial charge in [0.2, 0.25) is 5.95 Å². The first-order valence-electron chi connectivity index (χ1n) is 9.05. The highest BCUT2D eigenvalue weighted by molar-refractivity contribution is 6.35. The smallest absolute Gasteiger partial charge is 0.382 e. The summed E-state index contributed by atoms with van der Waals surface area (Å²) in [4.78, 5) is 25.2. The van der Waals surface area contributed by atoms with Crippen molar-refractivity contribution in [2.75, 3.05) is 16.8 Å². The third-order valence-corrected chi connectivity index (χ3v) is 4.96. The molecule has 4 aromatic rings. The highest BCUT2D eigenvalue weighted by atomic mass is 35.5. The molecule has 0 saturated heterocycles. The first kappa shape index (κ1) is 21.4. The number of nitrogen functional groups attached to an aromatic ring is 2. The van der Waals surface area contributed by atoms with Gasteiger partial charge in [-0.2, -0.15) is 28.2 Å². The Labute approximate surface area is 182 Å². The van der Waals surface area contributed by atoms with Crippen molar-refractivity contribution in [1.29, 1.82) is 0 Å². The number of anilines is 3. The third-order valence-electron chi connectivity index (χ3n) is 4.59. The monoisotopic (exact) mass is 465 g/mol. The Kier molecular flexibility index (Phi) is 5.12. The van der Waals surface area contributed by atoms with Gasteiger partial charge in [-0.25, -0.2) is 9.55 Å². The van der Waals surface area contributed by atoms with E-state index in [0.717, 1.165) is 16.7 Å². The van der Waals surface area contributed by atoms with Crippen molar-refractivity contribution in [3.63, 3.8) is 0 Å². The SMILES string of the molecule is CC(Nc1nc(N)nc(N)c1Cl)c1nc2c(C(F)(F)F)cccc2c(=O)n1-c1ccn[nH]1. The predicted octanol–water partition coefficient (Wildman–Crippen LogP) is 2.91. The summed E-state index contributed by atoms with van der Waals surface area (Å²) < 4.78 is 41.9. The van der Waals surface area contributed by atoms with Crippen molar-refractivity contribution in [2.45, 2.75) is 19.1 Å². The molecule has 32 heavy (non-hydrogen) atoms. The van der Waals surface area contributed by atoms with Gasteiger partial charge in [-0.05, 0) is 19.1 Å². The van der Waals surface area contributed by atoms with Crippen LogP contribution >= 0.6 is 11.6 Å². The number of aromatic nitrogens is 6. The van der Waals surface area contributed by atoms with Crippen molar-refractivity contribution in [3.8, 4) is 5.82 Å². The summed E-state index contributed by atoms with van der Waals surface area (Å²) in [6.45, 7) is 1.56. The molecule has 1 unspecified atom stereocenters. The molecule has 3 aromatic heterocycles. The summed E-state index contributed by atoms with van der Waals surface area (Å²) in [5.74, 6) is -0.0867. The summed E-state index contributed by atoms with van der Waals surface area (Å²) in [5, 5.41) is 9.06. The van der Waals surface area contributed by atoms with E-state index in [1.165, 1.54) is 18.3 Å². The lowest BCUT2D eigenvalue weighted by Gasteiger charge is -2.21. The Bertz CT molecular complexity index is 1370. The number of para-hydroxylation sites is 1. The van der Waals surface area contributed by atoms with Gasteiger partial charge in [0.1, 0.15) is 22.5 Å². The number of fused-ring (bicyclic) bond motifs is 1. The van der Waals surface area contributed by atoms with Crippen LogP contribution in [0.5, 0.6) is 0 Å². The standard InChI is InChI=1S/C18H15ClF3N9O/c1-7(26-14-11(19)13(23)28-17(24)29-14)15-27-12-8(3-2-4-9(12)18(20,21)22)16(32)31(15)10-5-6-25-30-10/h2-7H,1H3,(H,25,30)(H5,23,24,26,28,29). The average molecular weight is 466 g/mol. The molecule has 6 N–H and O–H groups in total. The second-order valence-corrected chi connectivity index (χ2v) is 7.13. The molecule has 166 valence electrons. The van der Waals surface area contributed by atoms with E-state index in [-0.39, 0.29) is 39.6 Å². The number of alkyl halides is 3. The van der Waals surface area contributed by atoms with Crippen LogP contribution in [0.4, 0.5) is 30.8 Å². The number of hydrogen-bond acceptors (Lipinski definition) is 8. The van der Waals surface area contributed by atoms with Gasteiger partial charge in [-0.15, -0.1) is 0 Å². The molecule has 0 bridgehead atoms. The maximum absolute atomic E-state index is 13.6. The number of nitrogens with two attached hydrogens (primary N) is 2. The van der Waals surface area contributed by atoms with E-state index < -0.39 is 28.9 Å². The number of rotatable bonds is 4. The normalized spacial score (nSPS) is 12.8. The van der Waals surface area contributed by atoms with Crippen LogP contribution in [-0.2, 0) is 6.18 Å². The lowest BCUT2D eigenvalue weighted by molar-refractivity contribution is -0.136. The van der Waals surface area contributed by atoms with Gasteiger partial charge in [0.05, 0.1) is 28.7 Å². The summed E-state index contributed by atoms with van der Waals surface area (Å²) in [7, 11) is 0. The van der Waals surface area contributed by atoms with Crippen molar-refractivity contribution in [2.24, 2.45) is 0 Å². The summed E-state index contributed by atoms with van der Waals surface area (Å²) >= 11 is 6.13. The predicted molar refractivity (Wildman–Crippen MR) is 112 cm³/mol. The van der Waals surface area contributed by atoms with Crippen molar-refractivity contribution < 1.29 is 13.2 Å². The van der Waals surface area contributed by atoms with Gasteiger partial charge in [0.15, 0.2) is 5.82 Å². The second kappa shape index (κ2) is 7.67. The molecule has 0 aliphatic carbocycles. The zero-order valence-corrected chi connectivity index (χ0v) is 17.0. The number of H-pyrrole nitrogens is 1. The quantitative estimate of drug-likeness (QED) is 0.359. The minimum absolute atomic E-state index is 0.0266. The van der Waals surface area contributed by atoms with E-state index in [4.69, 9.17) is 23.1 Å². The van der Waals surface area contributed by atoms with Crippen LogP contribution in [0.3, 0.4) is 0 Å². The van der Waals surface area contributed by atoms with E-state index in [0.29, 0.717) is 0 Å². The minimum atomic E-state index is -4.72. The molecule has 0 aliphatic heterocycles. The molecule has 4 rings (SSSR count). The zero-order chi connectivity index (χ0) is 23.2. The fourth-order valence-corrected chi connectivity index (χ4v) is 3.34. The third kappa shape index (κ3) is 3.66. The Morgan fingerprint density at radius 1 is 1.19 bits per heavy atom. The van der Waals surface area contributed by atoms with Crippen LogP contribution in [0.25, 0.3) is 16.7 Å². The van der Waals surface area contributed by atoms with Crippen LogP contribution in [0, 0.1) is 0 Å². The molecule has 3 heterocycles. The molecule has 0 radical (unpaired) electrons. The van der Waals surface area contributed by atoms with E-state index in [9.17, 15) is 18.0 Å². The number of hydrogen-bond donors (Lipinski definition) is 4. The van der Waals surface area contributed by atoms with Gasteiger partial charge in [-0.1, -0.05) is 17.7 Å². The number of nitrogens with one attached hydrogen (secondary N) is 2. The van der Waals surface area contributed by atoms with Crippen LogP contribution in [-0.4, -0.2) is 29.7 Å². The lowest BCUT2D eigenvalue weighted by Crippen LogP contribution is -2.28. The van der Waals surface area contributed by atoms with E-state index in [1.54, 1.807) is 6.92 Å². The number of aromatic amines is 1. The Hall–Kier alpha value is -3.87. The van der Waals surface area contributed by atoms with Crippen molar-refractivity contribution in [1.82, 2.24) is 29.7 Å². The van der Waals surface area contributed by atoms with Crippen LogP contribution < -0.4 is 22.3 Å². The molecule has 0 aliphatic rings. The second-order valence-electron chi connectivity index (χ2n) is 6.75. The highest BCUT2D eigenvalue weighted by Crippen LogP contribution is 2.34. The molecule has 1 atom stereocenters. The van der Waals surface area contributed by atoms with Gasteiger partial charge >= 0.3 is 6.18 Å². The average Bonchev–Trinajstić information content (AvgIpc) is 3.24. The fourth-order valence-electron chi connectivity index (χ4n) is 3.20. The van der Waals surface area contributed by atoms with Gasteiger partial charge in [0.25, 0.3) is 5.56 Å². The van der Waals surface area contributed by atoms with Crippen LogP contribution in [0.1, 0.15) is 24.4 Å². The largest absolute Gasteiger partial charge is 0.418 e. The topological polar surface area (TPSA) is 153 Å². The molecular formula is C18H15ClF3N9O. The van der Waals surface area contributed by atoms with Gasteiger partial charge < -0.3 is 16.8 Å². The van der Waals surface area contributed by atoms with Crippen molar-refractivity contribution >= 4 is 40.1 Å². The maximum atomic E-state index is 13.6. The summed E-state index contributed by atoms with van der Waals surface area (Å²) in [5.41, 5.74) is 9.06. The Balaban J connectivity index is 1.97. The zero-order valence-electron chi connectivity index (χ0n) is 16.3. The van der Waals surface area contributed by atoms with Gasteiger partial charge in [0, 0.05) is 6.07 Å². The van der Waals surface area contributed by atoms with E-state index >= 15 is 0 Å². The van der Waals surface area contributed by atoms with E-state index in [1.807, 2.05) is 0 Å². The Morgan fingerprint density at radius 3 is 2.59 bits per heavy atom. The number of benzene rings is 1. The maximum Gasteiger partial charge on any atom is 0.418 e. The minimum Gasteiger partial charge on any atom is -0.382 e. The fraction of sp³-hybridized carbons (Fsp3) is 0.167. The molecular weight excluding hydrogens is 451 g/mol. The molecule has 0 fully saturated rings. The van der Waals surface area contributed by atoms with Crippen LogP contribution in [0.15, 0.2) is 35.3 Å². The first-order valence-corrected chi connectivity index (χ1v) is 9.43. The summed E-state index contributed by atoms with van der Waals surface area (Å²) in [6, 6.07) is 3.89. The number of halogens is 4. The lowest BCUT2D eigenvalue weighted by atomic mass is 10.1. The molecule has 0 amide bonds. The van der Waals surface area contributed by atoms with Gasteiger partial charge in [-0.3, -0.25) is 9.89 Å². The highest BCUT2D eigenvalue weighted by Gasteiger charge is 2.34. The molecule has 1 aromatic carbocycles. The summed E-state index contributed by atoms with van der Waals surface area (Å²) in [6.07, 6.45) is -3.32. The Morgan fingerprint density at radius 2 is 1.94 bits per heavy atom. The molecule has 0 saturated carbocycles. The molecule has 10 nitrogen and oxygen atoms in total. The first-order chi connectivity index (χ1) is 15.1. The van der Waals surface area contributed by atoms with Crippen molar-refractivity contribution in [3.05, 3.63) is 57.2 Å². The molecule has 14 heteroatoms.